The predicted octanol–water partition coefficient (Wildman–Crippen LogP) is 7.25. The van der Waals surface area contributed by atoms with Crippen LogP contribution in [0.2, 0.25) is 0 Å². The molecule has 4 aromatic carbocycles. The van der Waals surface area contributed by atoms with Gasteiger partial charge in [0.05, 0.1) is 5.52 Å². The Balaban J connectivity index is 1.23. The number of nitrogens with one attached hydrogen (secondary N) is 2. The summed E-state index contributed by atoms with van der Waals surface area (Å²) >= 11 is 0. The van der Waals surface area contributed by atoms with Crippen LogP contribution >= 0.6 is 0 Å². The summed E-state index contributed by atoms with van der Waals surface area (Å²) in [4.78, 5) is 16.7. The highest BCUT2D eigenvalue weighted by Crippen LogP contribution is 2.31. The Labute approximate surface area is 203 Å². The van der Waals surface area contributed by atoms with E-state index in [-0.39, 0.29) is 6.03 Å². The van der Waals surface area contributed by atoms with E-state index in [4.69, 9.17) is 9.47 Å². The molecule has 0 saturated heterocycles. The van der Waals surface area contributed by atoms with E-state index in [0.29, 0.717) is 23.8 Å². The van der Waals surface area contributed by atoms with Crippen LogP contribution in [0.15, 0.2) is 115 Å². The molecule has 2 amide bonds. The number of carbonyl (C=O) groups is 1. The summed E-state index contributed by atoms with van der Waals surface area (Å²) in [5.41, 5.74) is 3.27. The van der Waals surface area contributed by atoms with Gasteiger partial charge in [0.25, 0.3) is 0 Å². The number of anilines is 2. The number of ether oxygens (including phenoxy) is 2. The van der Waals surface area contributed by atoms with Crippen molar-refractivity contribution in [2.75, 3.05) is 10.6 Å². The van der Waals surface area contributed by atoms with Crippen molar-refractivity contribution in [2.24, 2.45) is 0 Å². The third-order valence-electron chi connectivity index (χ3n) is 5.29. The Kier molecular flexibility index (Phi) is 6.53. The summed E-state index contributed by atoms with van der Waals surface area (Å²) in [6.45, 7) is 0.492. The maximum absolute atomic E-state index is 12.2. The number of rotatable bonds is 7. The highest BCUT2D eigenvalue weighted by Gasteiger charge is 2.08. The maximum Gasteiger partial charge on any atom is 0.323 e. The highest BCUT2D eigenvalue weighted by molar-refractivity contribution is 5.99. The summed E-state index contributed by atoms with van der Waals surface area (Å²) in [5, 5.41) is 6.48. The lowest BCUT2D eigenvalue weighted by molar-refractivity contribution is 0.262. The minimum absolute atomic E-state index is 0.310. The second-order valence-electron chi connectivity index (χ2n) is 7.83. The Hall–Kier alpha value is -4.84. The van der Waals surface area contributed by atoms with Gasteiger partial charge in [-0.3, -0.25) is 4.98 Å². The molecule has 0 aliphatic heterocycles. The Morgan fingerprint density at radius 1 is 0.714 bits per heavy atom. The number of fused-ring (bicyclic) bond motifs is 1. The van der Waals surface area contributed by atoms with E-state index in [2.05, 4.69) is 15.6 Å². The molecule has 2 N–H and O–H groups in total. The number of carbonyl (C=O) groups excluding carboxylic acids is 1. The first-order chi connectivity index (χ1) is 17.2. The van der Waals surface area contributed by atoms with Crippen molar-refractivity contribution in [3.63, 3.8) is 0 Å². The topological polar surface area (TPSA) is 72.5 Å². The average molecular weight is 462 g/mol. The molecule has 5 aromatic rings. The molecule has 1 aromatic heterocycles. The number of hydrogen-bond acceptors (Lipinski definition) is 4. The minimum atomic E-state index is -0.310. The van der Waals surface area contributed by atoms with Gasteiger partial charge in [-0.15, -0.1) is 0 Å². The number of para-hydroxylation sites is 1. The van der Waals surface area contributed by atoms with E-state index >= 15 is 0 Å². The number of urea groups is 1. The summed E-state index contributed by atoms with van der Waals surface area (Å²) in [6, 6.07) is 33.8. The fourth-order valence-electron chi connectivity index (χ4n) is 3.57. The van der Waals surface area contributed by atoms with Gasteiger partial charge < -0.3 is 20.1 Å². The van der Waals surface area contributed by atoms with Crippen molar-refractivity contribution >= 4 is 28.3 Å². The Morgan fingerprint density at radius 3 is 2.11 bits per heavy atom. The van der Waals surface area contributed by atoms with Gasteiger partial charge in [0, 0.05) is 29.0 Å². The summed E-state index contributed by atoms with van der Waals surface area (Å²) in [5.74, 6) is 2.08. The molecule has 0 fully saturated rings. The molecule has 172 valence electrons. The van der Waals surface area contributed by atoms with E-state index in [1.807, 2.05) is 97.1 Å². The molecule has 0 unspecified atom stereocenters. The highest BCUT2D eigenvalue weighted by atomic mass is 16.5. The first kappa shape index (κ1) is 22.0. The number of nitrogens with zero attached hydrogens (tertiary/aromatic N) is 1. The largest absolute Gasteiger partial charge is 0.489 e. The second kappa shape index (κ2) is 10.4. The van der Waals surface area contributed by atoms with E-state index in [9.17, 15) is 4.79 Å². The minimum Gasteiger partial charge on any atom is -0.489 e. The average Bonchev–Trinajstić information content (AvgIpc) is 2.90. The normalized spacial score (nSPS) is 10.5. The van der Waals surface area contributed by atoms with Crippen molar-refractivity contribution in [3.05, 3.63) is 121 Å². The molecule has 0 radical (unpaired) electrons. The zero-order chi connectivity index (χ0) is 23.9. The predicted molar refractivity (Wildman–Crippen MR) is 138 cm³/mol. The van der Waals surface area contributed by atoms with Gasteiger partial charge in [0.1, 0.15) is 23.9 Å². The molecule has 5 rings (SSSR count). The van der Waals surface area contributed by atoms with Gasteiger partial charge in [0.2, 0.25) is 0 Å². The number of hydrogen-bond donors (Lipinski definition) is 2. The van der Waals surface area contributed by atoms with E-state index < -0.39 is 0 Å². The van der Waals surface area contributed by atoms with Gasteiger partial charge in [-0.25, -0.2) is 4.79 Å². The van der Waals surface area contributed by atoms with Crippen LogP contribution in [0.25, 0.3) is 10.9 Å². The lowest BCUT2D eigenvalue weighted by atomic mass is 10.2. The monoisotopic (exact) mass is 461 g/mol. The van der Waals surface area contributed by atoms with Crippen LogP contribution in [0.3, 0.4) is 0 Å². The Morgan fingerprint density at radius 2 is 1.37 bits per heavy atom. The molecule has 0 atom stereocenters. The maximum atomic E-state index is 12.2. The van der Waals surface area contributed by atoms with Crippen LogP contribution in [0, 0.1) is 0 Å². The van der Waals surface area contributed by atoms with Crippen LogP contribution in [-0.2, 0) is 6.61 Å². The molecular weight excluding hydrogens is 438 g/mol. The van der Waals surface area contributed by atoms with Crippen LogP contribution in [0.4, 0.5) is 16.2 Å². The number of amides is 2. The van der Waals surface area contributed by atoms with Crippen LogP contribution in [-0.4, -0.2) is 11.0 Å². The van der Waals surface area contributed by atoms with Gasteiger partial charge >= 0.3 is 6.03 Å². The molecule has 1 heterocycles. The smallest absolute Gasteiger partial charge is 0.323 e. The Bertz CT molecular complexity index is 1420. The van der Waals surface area contributed by atoms with Crippen molar-refractivity contribution < 1.29 is 14.3 Å². The van der Waals surface area contributed by atoms with E-state index in [1.165, 1.54) is 0 Å². The first-order valence-corrected chi connectivity index (χ1v) is 11.2. The second-order valence-corrected chi connectivity index (χ2v) is 7.83. The third-order valence-corrected chi connectivity index (χ3v) is 5.29. The fourth-order valence-corrected chi connectivity index (χ4v) is 3.57. The number of benzene rings is 4. The van der Waals surface area contributed by atoms with Crippen molar-refractivity contribution in [2.45, 2.75) is 6.61 Å². The lowest BCUT2D eigenvalue weighted by Crippen LogP contribution is -2.19. The lowest BCUT2D eigenvalue weighted by Gasteiger charge is -2.12. The van der Waals surface area contributed by atoms with E-state index in [0.717, 1.165) is 27.9 Å². The molecular formula is C29H23N3O3. The van der Waals surface area contributed by atoms with Gasteiger partial charge in [-0.1, -0.05) is 48.5 Å². The summed E-state index contributed by atoms with van der Waals surface area (Å²) in [6.07, 6.45) is 1.71. The molecule has 0 spiro atoms. The quantitative estimate of drug-likeness (QED) is 0.268. The number of pyridine rings is 1. The zero-order valence-corrected chi connectivity index (χ0v) is 18.8. The van der Waals surface area contributed by atoms with Gasteiger partial charge in [0.15, 0.2) is 0 Å². The summed E-state index contributed by atoms with van der Waals surface area (Å²) in [7, 11) is 0. The molecule has 0 saturated carbocycles. The van der Waals surface area contributed by atoms with Crippen molar-refractivity contribution in [3.8, 4) is 17.2 Å². The van der Waals surface area contributed by atoms with Gasteiger partial charge in [-0.05, 0) is 60.2 Å². The van der Waals surface area contributed by atoms with Crippen molar-refractivity contribution in [1.29, 1.82) is 0 Å². The van der Waals surface area contributed by atoms with Crippen LogP contribution in [0.1, 0.15) is 5.56 Å². The molecule has 35 heavy (non-hydrogen) atoms. The molecule has 6 heteroatoms. The molecule has 0 aliphatic rings. The van der Waals surface area contributed by atoms with Crippen LogP contribution < -0.4 is 20.1 Å². The molecule has 0 bridgehead atoms. The van der Waals surface area contributed by atoms with Gasteiger partial charge in [-0.2, -0.15) is 0 Å². The SMILES string of the molecule is O=C(Nc1ccccc1)Nc1ccc(Oc2ccnc3cc(OCc4ccccc4)ccc23)cc1. The van der Waals surface area contributed by atoms with Crippen LogP contribution in [0.5, 0.6) is 17.2 Å². The van der Waals surface area contributed by atoms with E-state index in [1.54, 1.807) is 18.3 Å². The first-order valence-electron chi connectivity index (χ1n) is 11.2. The zero-order valence-electron chi connectivity index (χ0n) is 18.8. The summed E-state index contributed by atoms with van der Waals surface area (Å²) < 4.78 is 12.0. The molecule has 6 nitrogen and oxygen atoms in total. The molecule has 0 aliphatic carbocycles. The third kappa shape index (κ3) is 5.75. The standard InChI is InChI=1S/C29H23N3O3/c33-29(31-22-9-5-2-6-10-22)32-23-11-13-24(14-12-23)35-28-17-18-30-27-19-25(15-16-26(27)28)34-20-21-7-3-1-4-8-21/h1-19H,20H2,(H2,31,32,33). The van der Waals surface area contributed by atoms with Crippen molar-refractivity contribution in [1.82, 2.24) is 4.98 Å². The number of aromatic nitrogens is 1. The fraction of sp³-hybridized carbons (Fsp3) is 0.0345.